The predicted octanol–water partition coefficient (Wildman–Crippen LogP) is 1.72. The molecule has 138 valence electrons. The molecule has 8 heteroatoms. The third kappa shape index (κ3) is 4.49. The van der Waals surface area contributed by atoms with Crippen LogP contribution >= 0.6 is 0 Å². The van der Waals surface area contributed by atoms with Gasteiger partial charge >= 0.3 is 0 Å². The Bertz CT molecular complexity index is 908. The molecule has 0 aromatic heterocycles. The second-order valence-electron chi connectivity index (χ2n) is 6.07. The Morgan fingerprint density at radius 3 is 2.26 bits per heavy atom. The Labute approximate surface area is 155 Å². The Morgan fingerprint density at radius 2 is 1.59 bits per heavy atom. The molecule has 0 saturated carbocycles. The minimum Gasteiger partial charge on any atom is -0.340 e. The highest BCUT2D eigenvalue weighted by Gasteiger charge is 2.29. The summed E-state index contributed by atoms with van der Waals surface area (Å²) in [6.07, 6.45) is -0.209. The number of hydrogen-bond acceptors (Lipinski definition) is 4. The van der Waals surface area contributed by atoms with Crippen molar-refractivity contribution in [2.24, 2.45) is 0 Å². The van der Waals surface area contributed by atoms with Crippen LogP contribution in [0.3, 0.4) is 0 Å². The van der Waals surface area contributed by atoms with Crippen LogP contribution in [0.4, 0.5) is 17.1 Å². The third-order valence-electron chi connectivity index (χ3n) is 3.93. The molecule has 0 fully saturated rings. The second-order valence-corrected chi connectivity index (χ2v) is 6.07. The molecule has 0 radical (unpaired) electrons. The van der Waals surface area contributed by atoms with Crippen LogP contribution < -0.4 is 21.3 Å². The number of fused-ring (bicyclic) bond motifs is 1. The molecule has 1 atom stereocenters. The Morgan fingerprint density at radius 1 is 0.963 bits per heavy atom. The molecule has 27 heavy (non-hydrogen) atoms. The van der Waals surface area contributed by atoms with Gasteiger partial charge < -0.3 is 21.3 Å². The maximum Gasteiger partial charge on any atom is 0.254 e. The Balaban J connectivity index is 1.63. The van der Waals surface area contributed by atoms with Crippen LogP contribution in [-0.2, 0) is 14.4 Å². The number of para-hydroxylation sites is 1. The average molecular weight is 366 g/mol. The molecule has 8 nitrogen and oxygen atoms in total. The standard InChI is InChI=1S/C19H18N4O4/c1-11(24)20-12-6-8-13(9-7-12)21-17(25)10-16-19(27)22-15-5-3-2-4-14(15)18(26)23-16/h2-9,16H,10H2,1H3,(H,20,24)(H,21,25)(H,22,27)(H,23,26). The zero-order valence-corrected chi connectivity index (χ0v) is 14.5. The van der Waals surface area contributed by atoms with Gasteiger partial charge in [0.1, 0.15) is 6.04 Å². The lowest BCUT2D eigenvalue weighted by atomic mass is 10.1. The van der Waals surface area contributed by atoms with Gasteiger partial charge in [-0.1, -0.05) is 12.1 Å². The van der Waals surface area contributed by atoms with Crippen molar-refractivity contribution in [2.45, 2.75) is 19.4 Å². The van der Waals surface area contributed by atoms with Crippen molar-refractivity contribution in [2.75, 3.05) is 16.0 Å². The van der Waals surface area contributed by atoms with Crippen molar-refractivity contribution in [1.29, 1.82) is 0 Å². The number of carbonyl (C=O) groups excluding carboxylic acids is 4. The summed E-state index contributed by atoms with van der Waals surface area (Å²) >= 11 is 0. The van der Waals surface area contributed by atoms with Crippen LogP contribution in [0.5, 0.6) is 0 Å². The first-order chi connectivity index (χ1) is 12.9. The highest BCUT2D eigenvalue weighted by atomic mass is 16.2. The van der Waals surface area contributed by atoms with Gasteiger partial charge in [0, 0.05) is 18.3 Å². The number of nitrogens with one attached hydrogen (secondary N) is 4. The van der Waals surface area contributed by atoms with E-state index >= 15 is 0 Å². The lowest BCUT2D eigenvalue weighted by molar-refractivity contribution is -0.122. The molecule has 0 aliphatic carbocycles. The van der Waals surface area contributed by atoms with E-state index in [2.05, 4.69) is 21.3 Å². The molecule has 0 bridgehead atoms. The highest BCUT2D eigenvalue weighted by molar-refractivity contribution is 6.11. The molecular weight excluding hydrogens is 348 g/mol. The lowest BCUT2D eigenvalue weighted by Crippen LogP contribution is -2.43. The predicted molar refractivity (Wildman–Crippen MR) is 100 cm³/mol. The van der Waals surface area contributed by atoms with Crippen LogP contribution in [0, 0.1) is 0 Å². The van der Waals surface area contributed by atoms with Gasteiger partial charge in [-0.15, -0.1) is 0 Å². The molecule has 1 heterocycles. The van der Waals surface area contributed by atoms with Crippen molar-refractivity contribution in [3.63, 3.8) is 0 Å². The van der Waals surface area contributed by atoms with E-state index in [0.29, 0.717) is 22.6 Å². The summed E-state index contributed by atoms with van der Waals surface area (Å²) in [5.41, 5.74) is 1.88. The Hall–Kier alpha value is -3.68. The first kappa shape index (κ1) is 18.1. The van der Waals surface area contributed by atoms with Gasteiger partial charge in [-0.3, -0.25) is 19.2 Å². The van der Waals surface area contributed by atoms with Crippen LogP contribution in [0.15, 0.2) is 48.5 Å². The molecule has 1 aliphatic rings. The summed E-state index contributed by atoms with van der Waals surface area (Å²) in [4.78, 5) is 47.8. The molecule has 3 rings (SSSR count). The topological polar surface area (TPSA) is 116 Å². The fourth-order valence-electron chi connectivity index (χ4n) is 2.69. The van der Waals surface area contributed by atoms with E-state index in [0.717, 1.165) is 0 Å². The lowest BCUT2D eigenvalue weighted by Gasteiger charge is -2.14. The molecule has 0 saturated heterocycles. The van der Waals surface area contributed by atoms with Crippen molar-refractivity contribution < 1.29 is 19.2 Å². The number of benzene rings is 2. The first-order valence-electron chi connectivity index (χ1n) is 8.30. The number of amides is 4. The van der Waals surface area contributed by atoms with Crippen molar-refractivity contribution in [3.8, 4) is 0 Å². The third-order valence-corrected chi connectivity index (χ3v) is 3.93. The minimum atomic E-state index is -0.983. The largest absolute Gasteiger partial charge is 0.340 e. The molecule has 4 N–H and O–H groups in total. The van der Waals surface area contributed by atoms with Crippen molar-refractivity contribution in [1.82, 2.24) is 5.32 Å². The molecule has 0 spiro atoms. The first-order valence-corrected chi connectivity index (χ1v) is 8.30. The minimum absolute atomic E-state index is 0.192. The molecule has 1 aliphatic heterocycles. The van der Waals surface area contributed by atoms with Gasteiger partial charge in [0.25, 0.3) is 5.91 Å². The number of anilines is 3. The molecule has 2 aromatic carbocycles. The average Bonchev–Trinajstić information content (AvgIpc) is 2.73. The van der Waals surface area contributed by atoms with E-state index in [1.165, 1.54) is 6.92 Å². The van der Waals surface area contributed by atoms with E-state index in [1.54, 1.807) is 48.5 Å². The summed E-state index contributed by atoms with van der Waals surface area (Å²) in [5, 5.41) is 10.5. The van der Waals surface area contributed by atoms with Gasteiger partial charge in [0.15, 0.2) is 0 Å². The van der Waals surface area contributed by atoms with Crippen LogP contribution in [0.2, 0.25) is 0 Å². The highest BCUT2D eigenvalue weighted by Crippen LogP contribution is 2.19. The fourth-order valence-corrected chi connectivity index (χ4v) is 2.69. The van der Waals surface area contributed by atoms with Gasteiger partial charge in [0.2, 0.25) is 17.7 Å². The second kappa shape index (κ2) is 7.69. The van der Waals surface area contributed by atoms with E-state index in [9.17, 15) is 19.2 Å². The van der Waals surface area contributed by atoms with Gasteiger partial charge in [-0.25, -0.2) is 0 Å². The zero-order chi connectivity index (χ0) is 19.4. The molecule has 2 aromatic rings. The number of carbonyl (C=O) groups is 4. The van der Waals surface area contributed by atoms with Gasteiger partial charge in [0.05, 0.1) is 17.7 Å². The smallest absolute Gasteiger partial charge is 0.254 e. The summed E-state index contributed by atoms with van der Waals surface area (Å²) in [6, 6.07) is 12.2. The summed E-state index contributed by atoms with van der Waals surface area (Å²) in [6.45, 7) is 1.40. The van der Waals surface area contributed by atoms with Gasteiger partial charge in [-0.05, 0) is 36.4 Å². The number of rotatable bonds is 4. The van der Waals surface area contributed by atoms with Crippen molar-refractivity contribution in [3.05, 3.63) is 54.1 Å². The monoisotopic (exact) mass is 366 g/mol. The van der Waals surface area contributed by atoms with Crippen molar-refractivity contribution >= 4 is 40.7 Å². The summed E-state index contributed by atoms with van der Waals surface area (Å²) in [7, 11) is 0. The Kier molecular flexibility index (Phi) is 5.16. The fraction of sp³-hybridized carbons (Fsp3) is 0.158. The SMILES string of the molecule is CC(=O)Nc1ccc(NC(=O)CC2NC(=O)c3ccccc3NC2=O)cc1. The summed E-state index contributed by atoms with van der Waals surface area (Å²) in [5.74, 6) is -1.48. The van der Waals surface area contributed by atoms with E-state index in [1.807, 2.05) is 0 Å². The molecule has 1 unspecified atom stereocenters. The maximum absolute atomic E-state index is 12.3. The van der Waals surface area contributed by atoms with E-state index in [-0.39, 0.29) is 12.3 Å². The quantitative estimate of drug-likeness (QED) is 0.659. The molecule has 4 amide bonds. The summed E-state index contributed by atoms with van der Waals surface area (Å²) < 4.78 is 0. The van der Waals surface area contributed by atoms with E-state index in [4.69, 9.17) is 0 Å². The zero-order valence-electron chi connectivity index (χ0n) is 14.5. The molecular formula is C19H18N4O4. The van der Waals surface area contributed by atoms with E-state index < -0.39 is 23.8 Å². The normalized spacial score (nSPS) is 15.7. The van der Waals surface area contributed by atoms with Crippen LogP contribution in [0.25, 0.3) is 0 Å². The van der Waals surface area contributed by atoms with Crippen LogP contribution in [0.1, 0.15) is 23.7 Å². The van der Waals surface area contributed by atoms with Crippen LogP contribution in [-0.4, -0.2) is 29.7 Å². The maximum atomic E-state index is 12.3. The number of hydrogen-bond donors (Lipinski definition) is 4. The van der Waals surface area contributed by atoms with Gasteiger partial charge in [-0.2, -0.15) is 0 Å².